The number of nitrogens with one attached hydrogen (secondary N) is 1. The first kappa shape index (κ1) is 14.8. The van der Waals surface area contributed by atoms with E-state index in [2.05, 4.69) is 10.3 Å². The van der Waals surface area contributed by atoms with Gasteiger partial charge in [-0.25, -0.2) is 9.78 Å². The highest BCUT2D eigenvalue weighted by atomic mass is 16.5. The van der Waals surface area contributed by atoms with Gasteiger partial charge >= 0.3 is 5.97 Å². The van der Waals surface area contributed by atoms with Crippen LogP contribution in [0.25, 0.3) is 11.1 Å². The number of benzene rings is 2. The summed E-state index contributed by atoms with van der Waals surface area (Å²) in [5.41, 5.74) is 1.72. The largest absolute Gasteiger partial charge is 0.441 e. The molecule has 0 unspecified atom stereocenters. The quantitative estimate of drug-likeness (QED) is 0.591. The van der Waals surface area contributed by atoms with Crippen LogP contribution in [-0.2, 0) is 4.79 Å². The monoisotopic (exact) mass is 310 g/mol. The Kier molecular flexibility index (Phi) is 4.05. The van der Waals surface area contributed by atoms with E-state index < -0.39 is 5.97 Å². The van der Waals surface area contributed by atoms with E-state index in [9.17, 15) is 9.59 Å². The zero-order chi connectivity index (χ0) is 16.2. The number of aryl methyl sites for hydroxylation is 1. The Hall–Kier alpha value is -3.15. The van der Waals surface area contributed by atoms with E-state index in [0.717, 1.165) is 0 Å². The Labute approximate surface area is 132 Å². The smallest absolute Gasteiger partial charge is 0.330 e. The second-order valence-electron chi connectivity index (χ2n) is 4.89. The lowest BCUT2D eigenvalue weighted by atomic mass is 10.2. The zero-order valence-electron chi connectivity index (χ0n) is 12.4. The molecule has 0 spiro atoms. The number of esters is 1. The number of fused-ring (bicyclic) bond motifs is 1. The van der Waals surface area contributed by atoms with E-state index in [0.29, 0.717) is 28.3 Å². The molecule has 0 aliphatic carbocycles. The van der Waals surface area contributed by atoms with Crippen molar-refractivity contribution in [3.8, 4) is 5.75 Å². The lowest BCUT2D eigenvalue weighted by Gasteiger charge is -2.06. The van der Waals surface area contributed by atoms with Gasteiger partial charge in [-0.15, -0.1) is 0 Å². The third kappa shape index (κ3) is 3.55. The molecule has 23 heavy (non-hydrogen) atoms. The molecule has 0 bridgehead atoms. The van der Waals surface area contributed by atoms with E-state index >= 15 is 0 Å². The van der Waals surface area contributed by atoms with E-state index in [1.165, 1.54) is 0 Å². The van der Waals surface area contributed by atoms with Crippen LogP contribution < -0.4 is 10.1 Å². The van der Waals surface area contributed by atoms with Crippen LogP contribution >= 0.6 is 0 Å². The van der Waals surface area contributed by atoms with Crippen LogP contribution in [0.4, 0.5) is 0 Å². The Morgan fingerprint density at radius 2 is 1.96 bits per heavy atom. The van der Waals surface area contributed by atoms with Crippen LogP contribution in [0.5, 0.6) is 5.75 Å². The molecule has 6 heteroatoms. The van der Waals surface area contributed by atoms with Gasteiger partial charge in [-0.3, -0.25) is 4.79 Å². The van der Waals surface area contributed by atoms with Crippen molar-refractivity contribution in [2.45, 2.75) is 6.92 Å². The molecule has 6 nitrogen and oxygen atoms in total. The van der Waals surface area contributed by atoms with Gasteiger partial charge in [0, 0.05) is 18.6 Å². The molecular weight excluding hydrogens is 296 g/mol. The van der Waals surface area contributed by atoms with Gasteiger partial charge in [-0.2, -0.15) is 0 Å². The van der Waals surface area contributed by atoms with Crippen molar-refractivity contribution in [3.63, 3.8) is 0 Å². The molecule has 2 aromatic carbocycles. The van der Waals surface area contributed by atoms with Gasteiger partial charge in [-0.05, 0) is 24.3 Å². The summed E-state index contributed by atoms with van der Waals surface area (Å²) in [5.74, 6) is 0.00216. The predicted octanol–water partition coefficient (Wildman–Crippen LogP) is 2.47. The van der Waals surface area contributed by atoms with Crippen molar-refractivity contribution >= 4 is 23.0 Å². The maximum absolute atomic E-state index is 11.8. The van der Waals surface area contributed by atoms with Crippen molar-refractivity contribution < 1.29 is 18.7 Å². The highest BCUT2D eigenvalue weighted by molar-refractivity contribution is 5.96. The van der Waals surface area contributed by atoms with Crippen LogP contribution in [0.2, 0.25) is 0 Å². The van der Waals surface area contributed by atoms with Crippen molar-refractivity contribution in [2.24, 2.45) is 0 Å². The molecule has 0 saturated carbocycles. The Balaban J connectivity index is 1.59. The van der Waals surface area contributed by atoms with Gasteiger partial charge in [0.15, 0.2) is 11.5 Å². The number of carbonyl (C=O) groups excluding carboxylic acids is 2. The zero-order valence-corrected chi connectivity index (χ0v) is 12.4. The number of amides is 1. The summed E-state index contributed by atoms with van der Waals surface area (Å²) in [5, 5.41) is 2.51. The van der Waals surface area contributed by atoms with Crippen molar-refractivity contribution in [1.29, 1.82) is 0 Å². The number of hydrogen-bond acceptors (Lipinski definition) is 5. The van der Waals surface area contributed by atoms with E-state index in [-0.39, 0.29) is 12.5 Å². The van der Waals surface area contributed by atoms with E-state index in [1.54, 1.807) is 49.4 Å². The van der Waals surface area contributed by atoms with Crippen LogP contribution in [0.1, 0.15) is 16.2 Å². The third-order valence-electron chi connectivity index (χ3n) is 3.13. The fraction of sp³-hybridized carbons (Fsp3) is 0.118. The molecular formula is C17H14N2O4. The highest BCUT2D eigenvalue weighted by Gasteiger charge is 2.10. The lowest BCUT2D eigenvalue weighted by molar-refractivity contribution is -0.133. The maximum atomic E-state index is 11.8. The highest BCUT2D eigenvalue weighted by Crippen LogP contribution is 2.21. The summed E-state index contributed by atoms with van der Waals surface area (Å²) < 4.78 is 10.5. The molecule has 1 heterocycles. The Bertz CT molecular complexity index is 855. The van der Waals surface area contributed by atoms with Gasteiger partial charge in [0.1, 0.15) is 17.8 Å². The average molecular weight is 310 g/mol. The number of carbonyl (C=O) groups is 2. The summed E-state index contributed by atoms with van der Waals surface area (Å²) in [4.78, 5) is 27.8. The fourth-order valence-electron chi connectivity index (χ4n) is 2.10. The summed E-state index contributed by atoms with van der Waals surface area (Å²) in [6.45, 7) is 1.52. The normalized spacial score (nSPS) is 10.5. The van der Waals surface area contributed by atoms with Crippen molar-refractivity contribution in [1.82, 2.24) is 10.3 Å². The maximum Gasteiger partial charge on any atom is 0.330 e. The molecule has 0 saturated heterocycles. The van der Waals surface area contributed by atoms with Crippen LogP contribution in [0, 0.1) is 6.92 Å². The third-order valence-corrected chi connectivity index (χ3v) is 3.13. The SMILES string of the molecule is Cc1nc2cc(OC(=O)CNC(=O)c3ccccc3)ccc2o1. The number of rotatable bonds is 4. The number of aromatic nitrogens is 1. The first-order valence-corrected chi connectivity index (χ1v) is 7.03. The Morgan fingerprint density at radius 3 is 2.74 bits per heavy atom. The molecule has 1 aromatic heterocycles. The predicted molar refractivity (Wildman–Crippen MR) is 83.2 cm³/mol. The van der Waals surface area contributed by atoms with E-state index in [4.69, 9.17) is 9.15 Å². The second-order valence-corrected chi connectivity index (χ2v) is 4.89. The molecule has 0 aliphatic rings. The molecule has 0 atom stereocenters. The number of nitrogens with zero attached hydrogens (tertiary/aromatic N) is 1. The molecule has 0 radical (unpaired) electrons. The summed E-state index contributed by atoms with van der Waals surface area (Å²) >= 11 is 0. The fourth-order valence-corrected chi connectivity index (χ4v) is 2.10. The lowest BCUT2D eigenvalue weighted by Crippen LogP contribution is -2.31. The van der Waals surface area contributed by atoms with E-state index in [1.807, 2.05) is 6.07 Å². The first-order chi connectivity index (χ1) is 11.1. The molecule has 1 N–H and O–H groups in total. The van der Waals surface area contributed by atoms with Gasteiger partial charge in [0.05, 0.1) is 0 Å². The van der Waals surface area contributed by atoms with Gasteiger partial charge < -0.3 is 14.5 Å². The Morgan fingerprint density at radius 1 is 1.17 bits per heavy atom. The average Bonchev–Trinajstić information content (AvgIpc) is 2.92. The summed E-state index contributed by atoms with van der Waals surface area (Å²) in [6, 6.07) is 13.6. The van der Waals surface area contributed by atoms with Gasteiger partial charge in [-0.1, -0.05) is 18.2 Å². The minimum Gasteiger partial charge on any atom is -0.441 e. The molecule has 116 valence electrons. The second kappa shape index (κ2) is 6.31. The van der Waals surface area contributed by atoms with Crippen molar-refractivity contribution in [2.75, 3.05) is 6.54 Å². The standard InChI is InChI=1S/C17H14N2O4/c1-11-19-14-9-13(7-8-15(14)22-11)23-16(20)10-18-17(21)12-5-3-2-4-6-12/h2-9H,10H2,1H3,(H,18,21). The molecule has 0 aliphatic heterocycles. The van der Waals surface area contributed by atoms with Crippen LogP contribution in [0.3, 0.4) is 0 Å². The van der Waals surface area contributed by atoms with Crippen molar-refractivity contribution in [3.05, 3.63) is 60.0 Å². The topological polar surface area (TPSA) is 81.4 Å². The van der Waals surface area contributed by atoms with Crippen LogP contribution in [-0.4, -0.2) is 23.4 Å². The number of ether oxygens (including phenoxy) is 1. The first-order valence-electron chi connectivity index (χ1n) is 7.03. The molecule has 3 aromatic rings. The summed E-state index contributed by atoms with van der Waals surface area (Å²) in [7, 11) is 0. The van der Waals surface area contributed by atoms with Crippen LogP contribution in [0.15, 0.2) is 52.9 Å². The minimum atomic E-state index is -0.561. The summed E-state index contributed by atoms with van der Waals surface area (Å²) in [6.07, 6.45) is 0. The number of oxazole rings is 1. The minimum absolute atomic E-state index is 0.219. The molecule has 3 rings (SSSR count). The molecule has 1 amide bonds. The van der Waals surface area contributed by atoms with Gasteiger partial charge in [0.25, 0.3) is 5.91 Å². The van der Waals surface area contributed by atoms with Gasteiger partial charge in [0.2, 0.25) is 0 Å². The number of hydrogen-bond donors (Lipinski definition) is 1. The molecule has 0 fully saturated rings.